The second-order valence-corrected chi connectivity index (χ2v) is 8.43. The molecule has 4 rings (SSSR count). The van der Waals surface area contributed by atoms with Crippen LogP contribution in [0.2, 0.25) is 0 Å². The number of anilines is 1. The predicted molar refractivity (Wildman–Crippen MR) is 127 cm³/mol. The molecule has 0 fully saturated rings. The largest absolute Gasteiger partial charge is 0.454 e. The normalized spacial score (nSPS) is 11.8. The first-order valence-corrected chi connectivity index (χ1v) is 11.6. The van der Waals surface area contributed by atoms with Crippen LogP contribution in [-0.4, -0.2) is 44.0 Å². The van der Waals surface area contributed by atoms with Crippen molar-refractivity contribution in [2.75, 3.05) is 17.9 Å². The van der Waals surface area contributed by atoms with E-state index in [1.165, 1.54) is 23.9 Å². The average Bonchev–Trinajstić information content (AvgIpc) is 3.48. The number of aromatic nitrogens is 3. The summed E-state index contributed by atoms with van der Waals surface area (Å²) in [6.07, 6.45) is 0. The monoisotopic (exact) mass is 498 g/mol. The van der Waals surface area contributed by atoms with Gasteiger partial charge in [-0.1, -0.05) is 17.8 Å². The Morgan fingerprint density at radius 2 is 1.97 bits per heavy atom. The van der Waals surface area contributed by atoms with Crippen molar-refractivity contribution in [3.8, 4) is 11.5 Å². The third-order valence-electron chi connectivity index (χ3n) is 5.19. The molecule has 13 heteroatoms. The molecule has 0 spiro atoms. The highest BCUT2D eigenvalue weighted by Crippen LogP contribution is 2.32. The Balaban J connectivity index is 1.34. The maximum absolute atomic E-state index is 12.5. The van der Waals surface area contributed by atoms with Crippen LogP contribution in [0.25, 0.3) is 0 Å². The molecule has 2 amide bonds. The second kappa shape index (κ2) is 10.4. The molecule has 0 saturated carbocycles. The molecular weight excluding hydrogens is 476 g/mol. The summed E-state index contributed by atoms with van der Waals surface area (Å²) >= 11 is 1.18. The van der Waals surface area contributed by atoms with Crippen LogP contribution in [0.5, 0.6) is 11.5 Å². The number of nitrogens with one attached hydrogen (secondary N) is 2. The van der Waals surface area contributed by atoms with Gasteiger partial charge < -0.3 is 24.7 Å². The molecule has 182 valence electrons. The molecule has 0 unspecified atom stereocenters. The van der Waals surface area contributed by atoms with Crippen LogP contribution in [0.3, 0.4) is 0 Å². The lowest BCUT2D eigenvalue weighted by Gasteiger charge is -2.10. The van der Waals surface area contributed by atoms with Crippen molar-refractivity contribution in [3.63, 3.8) is 0 Å². The van der Waals surface area contributed by atoms with Gasteiger partial charge in [0.25, 0.3) is 11.6 Å². The van der Waals surface area contributed by atoms with Gasteiger partial charge >= 0.3 is 0 Å². The third kappa shape index (κ3) is 5.51. The second-order valence-electron chi connectivity index (χ2n) is 7.49. The number of fused-ring (bicyclic) bond motifs is 1. The number of ether oxygens (including phenoxy) is 2. The number of nitro benzene ring substituents is 1. The summed E-state index contributed by atoms with van der Waals surface area (Å²) in [5, 5.41) is 25.3. The number of amides is 2. The minimum Gasteiger partial charge on any atom is -0.454 e. The van der Waals surface area contributed by atoms with Crippen molar-refractivity contribution >= 4 is 35.0 Å². The van der Waals surface area contributed by atoms with Crippen LogP contribution in [0.15, 0.2) is 41.6 Å². The minimum absolute atomic E-state index is 0.0316. The highest BCUT2D eigenvalue weighted by Gasteiger charge is 2.18. The zero-order chi connectivity index (χ0) is 24.9. The van der Waals surface area contributed by atoms with Crippen LogP contribution in [0.4, 0.5) is 11.4 Å². The van der Waals surface area contributed by atoms with Crippen LogP contribution in [-0.2, 0) is 17.9 Å². The summed E-state index contributed by atoms with van der Waals surface area (Å²) in [5.41, 5.74) is 1.43. The molecular formula is C22H22N6O6S. The number of nitrogens with zero attached hydrogens (tertiary/aromatic N) is 4. The quantitative estimate of drug-likeness (QED) is 0.258. The number of non-ortho nitro benzene ring substituents is 1. The average molecular weight is 499 g/mol. The highest BCUT2D eigenvalue weighted by atomic mass is 32.2. The SMILES string of the molecule is CCn1c(CNC(=O)c2ccc3c(c2)OCO3)nnc1SCC(=O)Nc1cc([N+](=O)[O-])ccc1C. The summed E-state index contributed by atoms with van der Waals surface area (Å²) in [7, 11) is 0. The topological polar surface area (TPSA) is 151 Å². The number of carbonyl (C=O) groups excluding carboxylic acids is 2. The van der Waals surface area contributed by atoms with Crippen molar-refractivity contribution in [1.29, 1.82) is 0 Å². The van der Waals surface area contributed by atoms with Crippen LogP contribution < -0.4 is 20.1 Å². The zero-order valence-electron chi connectivity index (χ0n) is 18.9. The smallest absolute Gasteiger partial charge is 0.271 e. The summed E-state index contributed by atoms with van der Waals surface area (Å²) in [6, 6.07) is 9.24. The molecule has 1 aliphatic heterocycles. The van der Waals surface area contributed by atoms with E-state index >= 15 is 0 Å². The summed E-state index contributed by atoms with van der Waals surface area (Å²) in [4.78, 5) is 35.5. The van der Waals surface area contributed by atoms with Crippen LogP contribution >= 0.6 is 11.8 Å². The Labute approximate surface area is 204 Å². The lowest BCUT2D eigenvalue weighted by atomic mass is 10.2. The van der Waals surface area contributed by atoms with Gasteiger partial charge in [0.15, 0.2) is 22.5 Å². The van der Waals surface area contributed by atoms with Gasteiger partial charge in [-0.3, -0.25) is 19.7 Å². The van der Waals surface area contributed by atoms with E-state index < -0.39 is 4.92 Å². The van der Waals surface area contributed by atoms with Gasteiger partial charge in [-0.05, 0) is 37.6 Å². The number of hydrogen-bond acceptors (Lipinski definition) is 9. The molecule has 1 aliphatic rings. The Morgan fingerprint density at radius 1 is 1.17 bits per heavy atom. The molecule has 0 aliphatic carbocycles. The van der Waals surface area contributed by atoms with Gasteiger partial charge in [-0.2, -0.15) is 0 Å². The van der Waals surface area contributed by atoms with E-state index in [2.05, 4.69) is 20.8 Å². The number of rotatable bonds is 9. The van der Waals surface area contributed by atoms with Crippen molar-refractivity contribution in [2.24, 2.45) is 0 Å². The lowest BCUT2D eigenvalue weighted by molar-refractivity contribution is -0.384. The number of carbonyl (C=O) groups is 2. The van der Waals surface area contributed by atoms with Gasteiger partial charge in [-0.15, -0.1) is 10.2 Å². The number of hydrogen-bond donors (Lipinski definition) is 2. The number of thioether (sulfide) groups is 1. The number of aryl methyl sites for hydroxylation is 1. The van der Waals surface area contributed by atoms with Crippen LogP contribution in [0.1, 0.15) is 28.7 Å². The Morgan fingerprint density at radius 3 is 2.74 bits per heavy atom. The van der Waals surface area contributed by atoms with E-state index in [1.54, 1.807) is 35.8 Å². The molecule has 2 aromatic carbocycles. The fourth-order valence-corrected chi connectivity index (χ4v) is 4.17. The van der Waals surface area contributed by atoms with Crippen molar-refractivity contribution < 1.29 is 24.0 Å². The van der Waals surface area contributed by atoms with Gasteiger partial charge in [0, 0.05) is 24.2 Å². The first kappa shape index (κ1) is 24.0. The van der Waals surface area contributed by atoms with Crippen LogP contribution in [0, 0.1) is 17.0 Å². The fourth-order valence-electron chi connectivity index (χ4n) is 3.35. The van der Waals surface area contributed by atoms with Crippen molar-refractivity contribution in [1.82, 2.24) is 20.1 Å². The van der Waals surface area contributed by atoms with Gasteiger partial charge in [0.05, 0.1) is 22.9 Å². The van der Waals surface area contributed by atoms with E-state index in [1.807, 2.05) is 6.92 Å². The summed E-state index contributed by atoms with van der Waals surface area (Å²) in [6.45, 7) is 4.47. The van der Waals surface area contributed by atoms with Gasteiger partial charge in [-0.25, -0.2) is 0 Å². The molecule has 0 saturated heterocycles. The summed E-state index contributed by atoms with van der Waals surface area (Å²) < 4.78 is 12.4. The van der Waals surface area contributed by atoms with Crippen molar-refractivity contribution in [2.45, 2.75) is 32.1 Å². The molecule has 2 heterocycles. The molecule has 3 aromatic rings. The van der Waals surface area contributed by atoms with Gasteiger partial charge in [0.2, 0.25) is 12.7 Å². The highest BCUT2D eigenvalue weighted by molar-refractivity contribution is 7.99. The Kier molecular flexibility index (Phi) is 7.15. The first-order chi connectivity index (χ1) is 16.9. The summed E-state index contributed by atoms with van der Waals surface area (Å²) in [5.74, 6) is 1.06. The van der Waals surface area contributed by atoms with E-state index in [0.29, 0.717) is 45.8 Å². The predicted octanol–water partition coefficient (Wildman–Crippen LogP) is 2.90. The van der Waals surface area contributed by atoms with E-state index in [-0.39, 0.29) is 36.6 Å². The molecule has 2 N–H and O–H groups in total. The van der Waals surface area contributed by atoms with Crippen molar-refractivity contribution in [3.05, 3.63) is 63.5 Å². The molecule has 0 radical (unpaired) electrons. The molecule has 0 atom stereocenters. The maximum atomic E-state index is 12.5. The van der Waals surface area contributed by atoms with E-state index in [0.717, 1.165) is 0 Å². The number of nitro groups is 1. The molecule has 35 heavy (non-hydrogen) atoms. The Bertz CT molecular complexity index is 1290. The molecule has 1 aromatic heterocycles. The Hall–Kier alpha value is -4.13. The first-order valence-electron chi connectivity index (χ1n) is 10.6. The molecule has 0 bridgehead atoms. The third-order valence-corrected chi connectivity index (χ3v) is 6.16. The maximum Gasteiger partial charge on any atom is 0.271 e. The fraction of sp³-hybridized carbons (Fsp3) is 0.273. The molecule has 12 nitrogen and oxygen atoms in total. The standard InChI is InChI=1S/C22H22N6O6S/c1-3-27-19(10-23-21(30)14-5-7-17-18(8-14)34-12-33-17)25-26-22(27)35-11-20(29)24-16-9-15(28(31)32)6-4-13(16)2/h4-9H,3,10-12H2,1-2H3,(H,23,30)(H,24,29). The minimum atomic E-state index is -0.513. The lowest BCUT2D eigenvalue weighted by Crippen LogP contribution is -2.24. The van der Waals surface area contributed by atoms with E-state index in [4.69, 9.17) is 9.47 Å². The zero-order valence-corrected chi connectivity index (χ0v) is 19.8. The van der Waals surface area contributed by atoms with E-state index in [9.17, 15) is 19.7 Å². The number of benzene rings is 2. The van der Waals surface area contributed by atoms with Gasteiger partial charge in [0.1, 0.15) is 0 Å².